The number of rotatable bonds is 8. The van der Waals surface area contributed by atoms with E-state index in [-0.39, 0.29) is 22.8 Å². The molecule has 5 N–H and O–H groups in total. The van der Waals surface area contributed by atoms with Crippen LogP contribution in [0.5, 0.6) is 5.75 Å². The van der Waals surface area contributed by atoms with Crippen molar-refractivity contribution in [2.24, 2.45) is 11.5 Å². The largest absolute Gasteiger partial charge is 0.496 e. The summed E-state index contributed by atoms with van der Waals surface area (Å²) in [6.45, 7) is 3.90. The van der Waals surface area contributed by atoms with Crippen LogP contribution in [0.3, 0.4) is 0 Å². The van der Waals surface area contributed by atoms with Crippen LogP contribution in [-0.4, -0.2) is 33.5 Å². The molecule has 0 bridgehead atoms. The summed E-state index contributed by atoms with van der Waals surface area (Å²) in [5, 5.41) is 0. The van der Waals surface area contributed by atoms with E-state index in [9.17, 15) is 13.2 Å². The van der Waals surface area contributed by atoms with E-state index in [1.54, 1.807) is 0 Å². The third-order valence-electron chi connectivity index (χ3n) is 3.84. The maximum absolute atomic E-state index is 12.5. The molecule has 0 aliphatic heterocycles. The van der Waals surface area contributed by atoms with Crippen LogP contribution >= 0.6 is 0 Å². The number of nitrogens with two attached hydrogens (primary N) is 2. The summed E-state index contributed by atoms with van der Waals surface area (Å²) < 4.78 is 32.7. The van der Waals surface area contributed by atoms with Crippen molar-refractivity contribution in [3.8, 4) is 5.75 Å². The highest BCUT2D eigenvalue weighted by molar-refractivity contribution is 7.89. The van der Waals surface area contributed by atoms with E-state index in [1.165, 1.54) is 25.3 Å². The highest BCUT2D eigenvalue weighted by atomic mass is 32.2. The van der Waals surface area contributed by atoms with E-state index in [4.69, 9.17) is 16.2 Å². The molecule has 0 aliphatic rings. The van der Waals surface area contributed by atoms with Crippen molar-refractivity contribution in [3.63, 3.8) is 0 Å². The van der Waals surface area contributed by atoms with Gasteiger partial charge in [0.25, 0.3) is 5.91 Å². The topological polar surface area (TPSA) is 125 Å². The number of amides is 1. The maximum atomic E-state index is 12.5. The number of ether oxygens (including phenoxy) is 1. The number of methoxy groups -OCH3 is 1. The van der Waals surface area contributed by atoms with E-state index < -0.39 is 21.5 Å². The third-order valence-corrected chi connectivity index (χ3v) is 5.42. The Balaban J connectivity index is 3.29. The Hall–Kier alpha value is -1.64. The molecule has 0 spiro atoms. The molecule has 0 fully saturated rings. The maximum Gasteiger partial charge on any atom is 0.252 e. The van der Waals surface area contributed by atoms with E-state index in [0.29, 0.717) is 12.8 Å². The number of carbonyl (C=O) groups is 1. The fraction of sp³-hybridized carbons (Fsp3) is 0.500. The van der Waals surface area contributed by atoms with E-state index >= 15 is 0 Å². The van der Waals surface area contributed by atoms with Gasteiger partial charge in [-0.05, 0) is 31.0 Å². The first-order chi connectivity index (χ1) is 10.2. The molecule has 7 nitrogen and oxygen atoms in total. The lowest BCUT2D eigenvalue weighted by Crippen LogP contribution is -2.52. The Kier molecular flexibility index (Phi) is 5.92. The van der Waals surface area contributed by atoms with Gasteiger partial charge in [0, 0.05) is 12.1 Å². The predicted octanol–water partition coefficient (Wildman–Crippen LogP) is 0.590. The summed E-state index contributed by atoms with van der Waals surface area (Å²) in [6.07, 6.45) is 1.11. The summed E-state index contributed by atoms with van der Waals surface area (Å²) in [5.74, 6) is -0.535. The Labute approximate surface area is 131 Å². The SMILES string of the molecule is CCC(CC)(CN)NS(=O)(=O)c1ccc(OC)c(C(N)=O)c1. The van der Waals surface area contributed by atoms with Crippen LogP contribution in [0.4, 0.5) is 0 Å². The molecule has 0 atom stereocenters. The second-order valence-corrected chi connectivity index (χ2v) is 6.71. The minimum atomic E-state index is -3.83. The first-order valence-corrected chi connectivity index (χ1v) is 8.45. The van der Waals surface area contributed by atoms with Gasteiger partial charge >= 0.3 is 0 Å². The Bertz CT molecular complexity index is 631. The molecular weight excluding hydrogens is 306 g/mol. The number of benzene rings is 1. The smallest absolute Gasteiger partial charge is 0.252 e. The molecule has 1 aromatic carbocycles. The lowest BCUT2D eigenvalue weighted by atomic mass is 9.95. The van der Waals surface area contributed by atoms with Crippen LogP contribution in [0.1, 0.15) is 37.0 Å². The Morgan fingerprint density at radius 3 is 2.32 bits per heavy atom. The molecule has 1 rings (SSSR count). The van der Waals surface area contributed by atoms with Gasteiger partial charge in [-0.2, -0.15) is 0 Å². The molecule has 0 aliphatic carbocycles. The van der Waals surface area contributed by atoms with Crippen molar-refractivity contribution in [1.29, 1.82) is 0 Å². The van der Waals surface area contributed by atoms with Crippen molar-refractivity contribution in [1.82, 2.24) is 4.72 Å². The number of sulfonamides is 1. The minimum absolute atomic E-state index is 0.0109. The molecule has 22 heavy (non-hydrogen) atoms. The lowest BCUT2D eigenvalue weighted by molar-refractivity contribution is 0.0997. The first-order valence-electron chi connectivity index (χ1n) is 6.97. The van der Waals surface area contributed by atoms with Gasteiger partial charge in [-0.1, -0.05) is 13.8 Å². The normalized spacial score (nSPS) is 12.2. The van der Waals surface area contributed by atoms with Crippen LogP contribution in [0.15, 0.2) is 23.1 Å². The number of nitrogens with one attached hydrogen (secondary N) is 1. The number of primary amides is 1. The molecule has 0 aromatic heterocycles. The molecule has 1 amide bonds. The van der Waals surface area contributed by atoms with Gasteiger partial charge in [0.2, 0.25) is 10.0 Å². The van der Waals surface area contributed by atoms with Crippen molar-refractivity contribution in [2.75, 3.05) is 13.7 Å². The van der Waals surface area contributed by atoms with Crippen LogP contribution in [0.2, 0.25) is 0 Å². The fourth-order valence-corrected chi connectivity index (χ4v) is 3.70. The van der Waals surface area contributed by atoms with Gasteiger partial charge in [0.1, 0.15) is 5.75 Å². The van der Waals surface area contributed by atoms with Crippen molar-refractivity contribution in [3.05, 3.63) is 23.8 Å². The quantitative estimate of drug-likeness (QED) is 0.644. The van der Waals surface area contributed by atoms with Gasteiger partial charge in [0.15, 0.2) is 0 Å². The number of hydrogen-bond acceptors (Lipinski definition) is 5. The summed E-state index contributed by atoms with van der Waals surface area (Å²) in [4.78, 5) is 11.4. The Morgan fingerprint density at radius 1 is 1.32 bits per heavy atom. The molecule has 8 heteroatoms. The Morgan fingerprint density at radius 2 is 1.91 bits per heavy atom. The van der Waals surface area contributed by atoms with Gasteiger partial charge < -0.3 is 16.2 Å². The highest BCUT2D eigenvalue weighted by Crippen LogP contribution is 2.24. The zero-order valence-corrected chi connectivity index (χ0v) is 13.9. The predicted molar refractivity (Wildman–Crippen MR) is 84.2 cm³/mol. The van der Waals surface area contributed by atoms with Crippen LogP contribution in [0.25, 0.3) is 0 Å². The van der Waals surface area contributed by atoms with Gasteiger partial charge in [-0.15, -0.1) is 0 Å². The van der Waals surface area contributed by atoms with Crippen LogP contribution < -0.4 is 20.9 Å². The van der Waals surface area contributed by atoms with Crippen LogP contribution in [0, 0.1) is 0 Å². The van der Waals surface area contributed by atoms with E-state index in [1.807, 2.05) is 13.8 Å². The monoisotopic (exact) mass is 329 g/mol. The van der Waals surface area contributed by atoms with Crippen LogP contribution in [-0.2, 0) is 10.0 Å². The number of carbonyl (C=O) groups excluding carboxylic acids is 1. The van der Waals surface area contributed by atoms with Gasteiger partial charge in [-0.3, -0.25) is 4.79 Å². The average molecular weight is 329 g/mol. The summed E-state index contributed by atoms with van der Waals surface area (Å²) >= 11 is 0. The second kappa shape index (κ2) is 7.08. The lowest BCUT2D eigenvalue weighted by Gasteiger charge is -2.31. The highest BCUT2D eigenvalue weighted by Gasteiger charge is 2.31. The third kappa shape index (κ3) is 3.76. The zero-order chi connectivity index (χ0) is 17.0. The summed E-state index contributed by atoms with van der Waals surface area (Å²) in [5.41, 5.74) is 10.3. The summed E-state index contributed by atoms with van der Waals surface area (Å²) in [7, 11) is -2.45. The molecule has 0 unspecified atom stereocenters. The van der Waals surface area contributed by atoms with Crippen molar-refractivity contribution >= 4 is 15.9 Å². The van der Waals surface area contributed by atoms with Crippen molar-refractivity contribution in [2.45, 2.75) is 37.1 Å². The van der Waals surface area contributed by atoms with Gasteiger partial charge in [-0.25, -0.2) is 13.1 Å². The fourth-order valence-electron chi connectivity index (χ4n) is 2.12. The van der Waals surface area contributed by atoms with E-state index in [0.717, 1.165) is 0 Å². The van der Waals surface area contributed by atoms with E-state index in [2.05, 4.69) is 4.72 Å². The molecule has 124 valence electrons. The second-order valence-electron chi connectivity index (χ2n) is 5.02. The summed E-state index contributed by atoms with van der Waals surface area (Å²) in [6, 6.07) is 3.97. The van der Waals surface area contributed by atoms with Crippen molar-refractivity contribution < 1.29 is 17.9 Å². The minimum Gasteiger partial charge on any atom is -0.496 e. The van der Waals surface area contributed by atoms with Gasteiger partial charge in [0.05, 0.1) is 17.6 Å². The average Bonchev–Trinajstić information content (AvgIpc) is 2.52. The molecule has 0 saturated carbocycles. The molecule has 1 aromatic rings. The molecule has 0 saturated heterocycles. The standard InChI is InChI=1S/C14H23N3O4S/c1-4-14(5-2,9-15)17-22(19,20)10-6-7-12(21-3)11(8-10)13(16)18/h6-8,17H,4-5,9,15H2,1-3H3,(H2,16,18). The number of hydrogen-bond donors (Lipinski definition) is 3. The molecule has 0 heterocycles. The zero-order valence-electron chi connectivity index (χ0n) is 13.0. The molecular formula is C14H23N3O4S. The molecule has 0 radical (unpaired) electrons. The first kappa shape index (κ1) is 18.4.